The number of carbonyl (C=O) groups is 2. The van der Waals surface area contributed by atoms with Crippen molar-refractivity contribution in [2.45, 2.75) is 18.9 Å². The Morgan fingerprint density at radius 1 is 1.33 bits per heavy atom. The molecule has 0 aliphatic carbocycles. The van der Waals surface area contributed by atoms with E-state index in [4.69, 9.17) is 5.73 Å². The van der Waals surface area contributed by atoms with E-state index in [-0.39, 0.29) is 18.0 Å². The molecule has 2 rings (SSSR count). The second-order valence-corrected chi connectivity index (χ2v) is 5.94. The van der Waals surface area contributed by atoms with Crippen LogP contribution < -0.4 is 16.4 Å². The van der Waals surface area contributed by atoms with Crippen LogP contribution in [-0.2, 0) is 4.79 Å². The van der Waals surface area contributed by atoms with E-state index in [0.717, 1.165) is 10.9 Å². The minimum Gasteiger partial charge on any atom is -0.341 e. The van der Waals surface area contributed by atoms with Crippen LogP contribution in [0.4, 0.5) is 10.5 Å². The zero-order valence-electron chi connectivity index (χ0n) is 11.6. The van der Waals surface area contributed by atoms with Gasteiger partial charge in [0.25, 0.3) is 0 Å². The van der Waals surface area contributed by atoms with Crippen LogP contribution in [0.15, 0.2) is 28.7 Å². The van der Waals surface area contributed by atoms with Crippen LogP contribution in [0.5, 0.6) is 0 Å². The van der Waals surface area contributed by atoms with E-state index in [1.54, 1.807) is 17.0 Å². The van der Waals surface area contributed by atoms with E-state index >= 15 is 0 Å². The van der Waals surface area contributed by atoms with Gasteiger partial charge in [0.2, 0.25) is 5.91 Å². The molecule has 1 aromatic carbocycles. The molecule has 1 aromatic rings. The number of hydrogen-bond donors (Lipinski definition) is 3. The third kappa shape index (κ3) is 5.02. The van der Waals surface area contributed by atoms with Gasteiger partial charge < -0.3 is 21.3 Å². The van der Waals surface area contributed by atoms with Crippen molar-refractivity contribution in [2.24, 2.45) is 5.73 Å². The van der Waals surface area contributed by atoms with Gasteiger partial charge in [0.05, 0.1) is 0 Å². The van der Waals surface area contributed by atoms with Crippen molar-refractivity contribution < 1.29 is 9.59 Å². The summed E-state index contributed by atoms with van der Waals surface area (Å²) in [6.45, 7) is 1.64. The van der Waals surface area contributed by atoms with Crippen molar-refractivity contribution in [1.29, 1.82) is 0 Å². The largest absolute Gasteiger partial charge is 0.341 e. The van der Waals surface area contributed by atoms with Crippen molar-refractivity contribution in [3.8, 4) is 0 Å². The highest BCUT2D eigenvalue weighted by Gasteiger charge is 2.22. The maximum atomic E-state index is 11.9. The molecule has 21 heavy (non-hydrogen) atoms. The van der Waals surface area contributed by atoms with Gasteiger partial charge in [-0.25, -0.2) is 4.79 Å². The number of nitrogens with two attached hydrogens (primary N) is 1. The van der Waals surface area contributed by atoms with Gasteiger partial charge in [0.1, 0.15) is 0 Å². The molecule has 114 valence electrons. The van der Waals surface area contributed by atoms with E-state index in [2.05, 4.69) is 26.6 Å². The van der Waals surface area contributed by atoms with Crippen LogP contribution in [0.25, 0.3) is 0 Å². The number of benzene rings is 1. The Morgan fingerprint density at radius 3 is 2.67 bits per heavy atom. The van der Waals surface area contributed by atoms with Crippen molar-refractivity contribution >= 4 is 33.6 Å². The Morgan fingerprint density at radius 2 is 2.05 bits per heavy atom. The molecule has 1 atom stereocenters. The summed E-state index contributed by atoms with van der Waals surface area (Å²) in [4.78, 5) is 25.3. The van der Waals surface area contributed by atoms with Crippen LogP contribution in [0, 0.1) is 0 Å². The average Bonchev–Trinajstić information content (AvgIpc) is 2.88. The normalized spacial score (nSPS) is 17.6. The Hall–Kier alpha value is -1.60. The minimum atomic E-state index is -0.316. The fraction of sp³-hybridized carbons (Fsp3) is 0.429. The standard InChI is InChI=1S/C14H19BrN4O2/c15-10-1-3-12(4-2-10)18-14(21)17-7-5-13(20)19-8-6-11(16)9-19/h1-4,11H,5-9,16H2,(H2,17,18,21)/t11-/m1/s1. The summed E-state index contributed by atoms with van der Waals surface area (Å²) in [5.41, 5.74) is 6.46. The van der Waals surface area contributed by atoms with E-state index in [1.165, 1.54) is 0 Å². The molecule has 1 aliphatic rings. The highest BCUT2D eigenvalue weighted by Crippen LogP contribution is 2.13. The summed E-state index contributed by atoms with van der Waals surface area (Å²) >= 11 is 3.33. The van der Waals surface area contributed by atoms with Gasteiger partial charge in [0, 0.05) is 42.3 Å². The molecule has 1 fully saturated rings. The first kappa shape index (κ1) is 15.8. The number of hydrogen-bond acceptors (Lipinski definition) is 3. The Balaban J connectivity index is 1.67. The lowest BCUT2D eigenvalue weighted by Crippen LogP contribution is -2.36. The predicted molar refractivity (Wildman–Crippen MR) is 85.0 cm³/mol. The van der Waals surface area contributed by atoms with Crippen LogP contribution in [0.2, 0.25) is 0 Å². The minimum absolute atomic E-state index is 0.0342. The molecule has 7 heteroatoms. The number of nitrogens with one attached hydrogen (secondary N) is 2. The van der Waals surface area contributed by atoms with Crippen molar-refractivity contribution in [3.63, 3.8) is 0 Å². The lowest BCUT2D eigenvalue weighted by Gasteiger charge is -2.15. The number of rotatable bonds is 4. The number of anilines is 1. The molecule has 0 spiro atoms. The lowest BCUT2D eigenvalue weighted by atomic mass is 10.3. The molecule has 6 nitrogen and oxygen atoms in total. The fourth-order valence-electron chi connectivity index (χ4n) is 2.16. The molecule has 1 heterocycles. The summed E-state index contributed by atoms with van der Waals surface area (Å²) in [6.07, 6.45) is 1.14. The van der Waals surface area contributed by atoms with E-state index in [0.29, 0.717) is 31.7 Å². The van der Waals surface area contributed by atoms with Crippen LogP contribution in [-0.4, -0.2) is 42.5 Å². The Labute approximate surface area is 132 Å². The Kier molecular flexibility index (Phi) is 5.58. The molecule has 0 radical (unpaired) electrons. The number of urea groups is 1. The number of carbonyl (C=O) groups excluding carboxylic acids is 2. The van der Waals surface area contributed by atoms with Crippen molar-refractivity contribution in [3.05, 3.63) is 28.7 Å². The average molecular weight is 355 g/mol. The highest BCUT2D eigenvalue weighted by molar-refractivity contribution is 9.10. The number of likely N-dealkylation sites (tertiary alicyclic amines) is 1. The van der Waals surface area contributed by atoms with E-state index in [1.807, 2.05) is 12.1 Å². The Bertz CT molecular complexity index is 506. The molecule has 0 unspecified atom stereocenters. The second-order valence-electron chi connectivity index (χ2n) is 5.03. The molecule has 0 bridgehead atoms. The smallest absolute Gasteiger partial charge is 0.319 e. The second kappa shape index (κ2) is 7.42. The van der Waals surface area contributed by atoms with Crippen molar-refractivity contribution in [2.75, 3.05) is 25.0 Å². The molecular weight excluding hydrogens is 336 g/mol. The third-order valence-corrected chi connectivity index (χ3v) is 3.83. The van der Waals surface area contributed by atoms with Gasteiger partial charge in [-0.3, -0.25) is 4.79 Å². The number of nitrogens with zero attached hydrogens (tertiary/aromatic N) is 1. The monoisotopic (exact) mass is 354 g/mol. The van der Waals surface area contributed by atoms with Crippen molar-refractivity contribution in [1.82, 2.24) is 10.2 Å². The molecule has 1 saturated heterocycles. The van der Waals surface area contributed by atoms with Crippen LogP contribution in [0.3, 0.4) is 0 Å². The molecular formula is C14H19BrN4O2. The first-order chi connectivity index (χ1) is 10.0. The maximum absolute atomic E-state index is 11.9. The molecule has 0 aromatic heterocycles. The number of halogens is 1. The summed E-state index contributed by atoms with van der Waals surface area (Å²) in [5.74, 6) is 0.0342. The van der Waals surface area contributed by atoms with Crippen LogP contribution >= 0.6 is 15.9 Å². The summed E-state index contributed by atoms with van der Waals surface area (Å²) in [6, 6.07) is 7.04. The topological polar surface area (TPSA) is 87.5 Å². The van der Waals surface area contributed by atoms with Gasteiger partial charge >= 0.3 is 6.03 Å². The first-order valence-electron chi connectivity index (χ1n) is 6.88. The quantitative estimate of drug-likeness (QED) is 0.765. The fourth-order valence-corrected chi connectivity index (χ4v) is 2.43. The molecule has 1 aliphatic heterocycles. The number of amides is 3. The van der Waals surface area contributed by atoms with E-state index in [9.17, 15) is 9.59 Å². The van der Waals surface area contributed by atoms with E-state index < -0.39 is 0 Å². The van der Waals surface area contributed by atoms with Gasteiger partial charge in [-0.15, -0.1) is 0 Å². The van der Waals surface area contributed by atoms with Gasteiger partial charge in [-0.05, 0) is 30.7 Å². The predicted octanol–water partition coefficient (Wildman–Crippen LogP) is 1.52. The zero-order valence-corrected chi connectivity index (χ0v) is 13.2. The molecule has 0 saturated carbocycles. The highest BCUT2D eigenvalue weighted by atomic mass is 79.9. The third-order valence-electron chi connectivity index (χ3n) is 3.30. The van der Waals surface area contributed by atoms with Gasteiger partial charge in [0.15, 0.2) is 0 Å². The summed E-state index contributed by atoms with van der Waals surface area (Å²) in [5, 5.41) is 5.37. The summed E-state index contributed by atoms with van der Waals surface area (Å²) in [7, 11) is 0. The first-order valence-corrected chi connectivity index (χ1v) is 7.67. The maximum Gasteiger partial charge on any atom is 0.319 e. The molecule has 3 amide bonds. The SMILES string of the molecule is N[C@@H]1CCN(C(=O)CCNC(=O)Nc2ccc(Br)cc2)C1. The summed E-state index contributed by atoms with van der Waals surface area (Å²) < 4.78 is 0.947. The lowest BCUT2D eigenvalue weighted by molar-refractivity contribution is -0.130. The van der Waals surface area contributed by atoms with Crippen LogP contribution in [0.1, 0.15) is 12.8 Å². The zero-order chi connectivity index (χ0) is 15.2. The van der Waals surface area contributed by atoms with Gasteiger partial charge in [-0.2, -0.15) is 0 Å². The van der Waals surface area contributed by atoms with Gasteiger partial charge in [-0.1, -0.05) is 15.9 Å². The molecule has 4 N–H and O–H groups in total.